The summed E-state index contributed by atoms with van der Waals surface area (Å²) in [5, 5.41) is 0. The summed E-state index contributed by atoms with van der Waals surface area (Å²) in [5.41, 5.74) is 3.46. The van der Waals surface area contributed by atoms with Crippen molar-refractivity contribution in [1.82, 2.24) is 14.5 Å². The average Bonchev–Trinajstić information content (AvgIpc) is 2.59. The highest BCUT2D eigenvalue weighted by molar-refractivity contribution is 5.72. The number of nitrogens with zero attached hydrogens (tertiary/aromatic N) is 3. The van der Waals surface area contributed by atoms with Crippen LogP contribution in [0.4, 0.5) is 0 Å². The molecule has 0 aromatic carbocycles. The van der Waals surface area contributed by atoms with Gasteiger partial charge in [0.25, 0.3) is 0 Å². The Morgan fingerprint density at radius 1 is 1.20 bits per heavy atom. The van der Waals surface area contributed by atoms with E-state index in [1.54, 1.807) is 12.3 Å². The fourth-order valence-electron chi connectivity index (χ4n) is 3.37. The molecule has 0 bridgehead atoms. The first-order valence-electron chi connectivity index (χ1n) is 8.63. The highest BCUT2D eigenvalue weighted by Crippen LogP contribution is 2.31. The van der Waals surface area contributed by atoms with Crippen molar-refractivity contribution >= 4 is 12.2 Å². The van der Waals surface area contributed by atoms with Gasteiger partial charge in [-0.05, 0) is 47.7 Å². The summed E-state index contributed by atoms with van der Waals surface area (Å²) in [6.45, 7) is 5.43. The normalized spacial score (nSPS) is 16.2. The summed E-state index contributed by atoms with van der Waals surface area (Å²) >= 11 is 0. The molecule has 126 valence electrons. The van der Waals surface area contributed by atoms with E-state index in [1.807, 2.05) is 42.6 Å². The average molecular weight is 331 g/mol. The Hall–Kier alpha value is -2.75. The molecule has 0 amide bonds. The molecule has 0 unspecified atom stereocenters. The quantitative estimate of drug-likeness (QED) is 0.716. The lowest BCUT2D eigenvalue weighted by molar-refractivity contribution is 0.243. The molecule has 0 radical (unpaired) electrons. The summed E-state index contributed by atoms with van der Waals surface area (Å²) in [6.07, 6.45) is 9.63. The highest BCUT2D eigenvalue weighted by atomic mass is 16.1. The summed E-state index contributed by atoms with van der Waals surface area (Å²) in [6, 6.07) is 9.41. The molecule has 3 aliphatic rings. The lowest BCUT2D eigenvalue weighted by Crippen LogP contribution is -2.30. The van der Waals surface area contributed by atoms with Crippen LogP contribution in [0.25, 0.3) is 23.4 Å². The molecule has 0 saturated heterocycles. The summed E-state index contributed by atoms with van der Waals surface area (Å²) in [7, 11) is 0. The van der Waals surface area contributed by atoms with Gasteiger partial charge in [0.05, 0.1) is 17.0 Å². The van der Waals surface area contributed by atoms with Gasteiger partial charge in [-0.15, -0.1) is 0 Å². The monoisotopic (exact) mass is 331 g/mol. The fraction of sp³-hybridized carbons (Fsp3) is 0.286. The minimum atomic E-state index is 0.0179. The molecule has 0 saturated carbocycles. The summed E-state index contributed by atoms with van der Waals surface area (Å²) < 4.78 is 2.15. The lowest BCUT2D eigenvalue weighted by atomic mass is 9.85. The fourth-order valence-corrected chi connectivity index (χ4v) is 3.37. The topological polar surface area (TPSA) is 47.8 Å². The number of benzene rings is 1. The standard InChI is InChI=1S/C21H21N3O/c1-21(2)9-8-20-23-18-11-15(6-7-16-5-3-4-10-22-16)12-19(25)17(18)13-24(20)14-21/h3-7,10-13H,8-9,14H2,1-2H3/b7-6+. The smallest absolute Gasteiger partial charge is 0.190 e. The molecule has 0 atom stereocenters. The zero-order chi connectivity index (χ0) is 17.4. The van der Waals surface area contributed by atoms with Crippen molar-refractivity contribution in [3.8, 4) is 11.3 Å². The first-order valence-corrected chi connectivity index (χ1v) is 8.63. The van der Waals surface area contributed by atoms with E-state index in [4.69, 9.17) is 4.98 Å². The number of pyridine rings is 1. The van der Waals surface area contributed by atoms with Crippen LogP contribution < -0.4 is 5.43 Å². The third-order valence-corrected chi connectivity index (χ3v) is 4.77. The minimum absolute atomic E-state index is 0.0179. The van der Waals surface area contributed by atoms with Crippen LogP contribution in [0.1, 0.15) is 37.4 Å². The van der Waals surface area contributed by atoms with Gasteiger partial charge < -0.3 is 4.57 Å². The van der Waals surface area contributed by atoms with E-state index < -0.39 is 0 Å². The van der Waals surface area contributed by atoms with Crippen LogP contribution in [-0.2, 0) is 13.0 Å². The molecule has 0 fully saturated rings. The van der Waals surface area contributed by atoms with E-state index in [2.05, 4.69) is 23.4 Å². The number of hydrogen-bond acceptors (Lipinski definition) is 3. The molecule has 1 aromatic heterocycles. The van der Waals surface area contributed by atoms with E-state index in [-0.39, 0.29) is 10.8 Å². The predicted molar refractivity (Wildman–Crippen MR) is 100 cm³/mol. The van der Waals surface area contributed by atoms with Crippen LogP contribution in [0.15, 0.2) is 47.5 Å². The molecule has 0 N–H and O–H groups in total. The highest BCUT2D eigenvalue weighted by Gasteiger charge is 2.26. The van der Waals surface area contributed by atoms with Crippen molar-refractivity contribution in [1.29, 1.82) is 0 Å². The number of fused-ring (bicyclic) bond motifs is 2. The van der Waals surface area contributed by atoms with Crippen molar-refractivity contribution in [2.45, 2.75) is 33.2 Å². The molecule has 25 heavy (non-hydrogen) atoms. The Morgan fingerprint density at radius 3 is 2.88 bits per heavy atom. The third-order valence-electron chi connectivity index (χ3n) is 4.77. The van der Waals surface area contributed by atoms with Gasteiger partial charge in [-0.2, -0.15) is 0 Å². The van der Waals surface area contributed by atoms with Crippen LogP contribution in [0.2, 0.25) is 0 Å². The molecule has 4 rings (SSSR count). The predicted octanol–water partition coefficient (Wildman–Crippen LogP) is 3.89. The lowest BCUT2D eigenvalue weighted by Gasteiger charge is -2.33. The van der Waals surface area contributed by atoms with Crippen LogP contribution in [0.5, 0.6) is 0 Å². The van der Waals surface area contributed by atoms with Crippen molar-refractivity contribution in [2.75, 3.05) is 0 Å². The van der Waals surface area contributed by atoms with Gasteiger partial charge in [0.15, 0.2) is 5.43 Å². The number of rotatable bonds is 2. The maximum absolute atomic E-state index is 12.6. The Kier molecular flexibility index (Phi) is 3.75. The third kappa shape index (κ3) is 3.25. The zero-order valence-electron chi connectivity index (χ0n) is 14.6. The van der Waals surface area contributed by atoms with E-state index in [9.17, 15) is 4.79 Å². The van der Waals surface area contributed by atoms with Gasteiger partial charge in [0.1, 0.15) is 5.82 Å². The van der Waals surface area contributed by atoms with Crippen LogP contribution in [-0.4, -0.2) is 14.5 Å². The number of aromatic nitrogens is 3. The Balaban J connectivity index is 1.74. The van der Waals surface area contributed by atoms with E-state index in [1.165, 1.54) is 0 Å². The largest absolute Gasteiger partial charge is 0.335 e. The first-order chi connectivity index (χ1) is 12.0. The maximum Gasteiger partial charge on any atom is 0.190 e. The Morgan fingerprint density at radius 2 is 2.08 bits per heavy atom. The first kappa shape index (κ1) is 15.8. The van der Waals surface area contributed by atoms with E-state index >= 15 is 0 Å². The van der Waals surface area contributed by atoms with Gasteiger partial charge in [-0.25, -0.2) is 4.98 Å². The van der Waals surface area contributed by atoms with Crippen LogP contribution in [0.3, 0.4) is 0 Å². The zero-order valence-corrected chi connectivity index (χ0v) is 14.6. The Bertz CT molecular complexity index is 970. The second-order valence-corrected chi connectivity index (χ2v) is 7.49. The molecule has 1 aliphatic carbocycles. The molecule has 1 aromatic rings. The SMILES string of the molecule is CC1(C)CCc2nc3cc(/C=C/c4ccccn4)cc(=O)c-3cn2C1. The number of aryl methyl sites for hydroxylation is 1. The molecular weight excluding hydrogens is 310 g/mol. The summed E-state index contributed by atoms with van der Waals surface area (Å²) in [4.78, 5) is 21.6. The molecule has 2 aliphatic heterocycles. The van der Waals surface area contributed by atoms with Crippen molar-refractivity contribution < 1.29 is 0 Å². The van der Waals surface area contributed by atoms with E-state index in [0.29, 0.717) is 5.56 Å². The minimum Gasteiger partial charge on any atom is -0.335 e. The van der Waals surface area contributed by atoms with Crippen molar-refractivity contribution in [2.24, 2.45) is 5.41 Å². The number of hydrogen-bond donors (Lipinski definition) is 0. The molecule has 4 nitrogen and oxygen atoms in total. The Labute approximate surface area is 147 Å². The van der Waals surface area contributed by atoms with Crippen molar-refractivity contribution in [3.63, 3.8) is 0 Å². The van der Waals surface area contributed by atoms with Gasteiger partial charge in [0, 0.05) is 25.4 Å². The van der Waals surface area contributed by atoms with E-state index in [0.717, 1.165) is 42.2 Å². The van der Waals surface area contributed by atoms with Gasteiger partial charge in [-0.1, -0.05) is 26.0 Å². The molecule has 0 spiro atoms. The van der Waals surface area contributed by atoms with Gasteiger partial charge >= 0.3 is 0 Å². The van der Waals surface area contributed by atoms with Gasteiger partial charge in [0.2, 0.25) is 0 Å². The second-order valence-electron chi connectivity index (χ2n) is 7.49. The second kappa shape index (κ2) is 5.96. The van der Waals surface area contributed by atoms with Crippen LogP contribution >= 0.6 is 0 Å². The van der Waals surface area contributed by atoms with Crippen molar-refractivity contribution in [3.05, 3.63) is 70.0 Å². The van der Waals surface area contributed by atoms with Crippen LogP contribution in [0, 0.1) is 5.41 Å². The van der Waals surface area contributed by atoms with Gasteiger partial charge in [-0.3, -0.25) is 9.78 Å². The molecular formula is C21H21N3O. The molecule has 4 heteroatoms. The maximum atomic E-state index is 12.6. The summed E-state index contributed by atoms with van der Waals surface area (Å²) in [5.74, 6) is 1.07. The molecule has 3 heterocycles.